The molecule has 0 aromatic heterocycles. The van der Waals surface area contributed by atoms with Crippen molar-refractivity contribution in [3.05, 3.63) is 65.2 Å². The van der Waals surface area contributed by atoms with Crippen molar-refractivity contribution in [2.75, 3.05) is 13.1 Å². The molecular formula is C21H27ClN2OS. The second kappa shape index (κ2) is 9.45. The van der Waals surface area contributed by atoms with Crippen LogP contribution < -0.4 is 5.73 Å². The zero-order valence-electron chi connectivity index (χ0n) is 15.4. The SMILES string of the molecule is Cc1ccc(SC(C(=O)N2CCC(N)CC2)c2ccccc2)c(C)c1.Cl. The highest BCUT2D eigenvalue weighted by atomic mass is 35.5. The average molecular weight is 391 g/mol. The molecule has 0 saturated carbocycles. The molecule has 0 aliphatic carbocycles. The average Bonchev–Trinajstić information content (AvgIpc) is 2.62. The molecule has 26 heavy (non-hydrogen) atoms. The number of hydrogen-bond donors (Lipinski definition) is 1. The number of likely N-dealkylation sites (tertiary alicyclic amines) is 1. The summed E-state index contributed by atoms with van der Waals surface area (Å²) in [4.78, 5) is 16.4. The molecule has 1 heterocycles. The van der Waals surface area contributed by atoms with Crippen LogP contribution in [0, 0.1) is 13.8 Å². The monoisotopic (exact) mass is 390 g/mol. The number of thioether (sulfide) groups is 1. The largest absolute Gasteiger partial charge is 0.341 e. The Kier molecular flexibility index (Phi) is 7.56. The zero-order valence-corrected chi connectivity index (χ0v) is 17.0. The Hall–Kier alpha value is -1.49. The lowest BCUT2D eigenvalue weighted by Gasteiger charge is -2.33. The van der Waals surface area contributed by atoms with Gasteiger partial charge in [0, 0.05) is 24.0 Å². The van der Waals surface area contributed by atoms with Gasteiger partial charge in [-0.25, -0.2) is 0 Å². The molecule has 1 aliphatic heterocycles. The van der Waals surface area contributed by atoms with Crippen LogP contribution >= 0.6 is 24.2 Å². The molecule has 0 bridgehead atoms. The molecule has 1 amide bonds. The Morgan fingerprint density at radius 2 is 1.77 bits per heavy atom. The third kappa shape index (κ3) is 5.03. The maximum absolute atomic E-state index is 13.3. The van der Waals surface area contributed by atoms with Crippen LogP contribution in [0.15, 0.2) is 53.4 Å². The van der Waals surface area contributed by atoms with E-state index in [1.165, 1.54) is 16.0 Å². The molecule has 140 valence electrons. The molecule has 3 nitrogen and oxygen atoms in total. The third-order valence-corrected chi connectivity index (χ3v) is 6.17. The van der Waals surface area contributed by atoms with Crippen molar-refractivity contribution in [1.29, 1.82) is 0 Å². The lowest BCUT2D eigenvalue weighted by Crippen LogP contribution is -2.44. The summed E-state index contributed by atoms with van der Waals surface area (Å²) >= 11 is 1.66. The summed E-state index contributed by atoms with van der Waals surface area (Å²) in [5.41, 5.74) is 9.53. The number of benzene rings is 2. The smallest absolute Gasteiger partial charge is 0.240 e. The standard InChI is InChI=1S/C21H26N2OS.ClH/c1-15-8-9-19(16(2)14-15)25-20(17-6-4-3-5-7-17)21(24)23-12-10-18(22)11-13-23;/h3-9,14,18,20H,10-13,22H2,1-2H3;1H. The van der Waals surface area contributed by atoms with Gasteiger partial charge in [-0.05, 0) is 43.9 Å². The Labute approximate surface area is 166 Å². The Morgan fingerprint density at radius 1 is 1.12 bits per heavy atom. The number of aryl methyl sites for hydroxylation is 2. The normalized spacial score (nSPS) is 16.0. The van der Waals surface area contributed by atoms with Gasteiger partial charge in [0.05, 0.1) is 0 Å². The molecule has 1 saturated heterocycles. The van der Waals surface area contributed by atoms with E-state index in [9.17, 15) is 4.79 Å². The van der Waals surface area contributed by atoms with Gasteiger partial charge >= 0.3 is 0 Å². The topological polar surface area (TPSA) is 46.3 Å². The van der Waals surface area contributed by atoms with E-state index in [0.29, 0.717) is 0 Å². The summed E-state index contributed by atoms with van der Waals surface area (Å²) in [5, 5.41) is -0.211. The van der Waals surface area contributed by atoms with Gasteiger partial charge in [-0.1, -0.05) is 48.0 Å². The quantitative estimate of drug-likeness (QED) is 0.781. The molecule has 1 aliphatic rings. The summed E-state index contributed by atoms with van der Waals surface area (Å²) in [5.74, 6) is 0.197. The lowest BCUT2D eigenvalue weighted by molar-refractivity contribution is -0.131. The summed E-state index contributed by atoms with van der Waals surface area (Å²) in [6, 6.07) is 16.7. The molecule has 2 N–H and O–H groups in total. The van der Waals surface area contributed by atoms with Crippen LogP contribution in [0.2, 0.25) is 0 Å². The fourth-order valence-electron chi connectivity index (χ4n) is 3.23. The molecule has 1 unspecified atom stereocenters. The molecule has 1 atom stereocenters. The highest BCUT2D eigenvalue weighted by Gasteiger charge is 2.29. The maximum Gasteiger partial charge on any atom is 0.240 e. The van der Waals surface area contributed by atoms with Crippen LogP contribution in [-0.2, 0) is 4.79 Å². The number of piperidine rings is 1. The van der Waals surface area contributed by atoms with Crippen LogP contribution in [0.3, 0.4) is 0 Å². The van der Waals surface area contributed by atoms with Gasteiger partial charge < -0.3 is 10.6 Å². The number of carbonyl (C=O) groups excluding carboxylic acids is 1. The van der Waals surface area contributed by atoms with Crippen molar-refractivity contribution in [2.24, 2.45) is 5.73 Å². The van der Waals surface area contributed by atoms with Crippen molar-refractivity contribution >= 4 is 30.1 Å². The van der Waals surface area contributed by atoms with Gasteiger partial charge in [0.25, 0.3) is 0 Å². The van der Waals surface area contributed by atoms with E-state index in [4.69, 9.17) is 5.73 Å². The number of carbonyl (C=O) groups is 1. The summed E-state index contributed by atoms with van der Waals surface area (Å²) in [6.45, 7) is 5.73. The highest BCUT2D eigenvalue weighted by Crippen LogP contribution is 2.38. The van der Waals surface area contributed by atoms with E-state index in [-0.39, 0.29) is 29.6 Å². The molecule has 2 aromatic rings. The van der Waals surface area contributed by atoms with E-state index in [1.807, 2.05) is 23.1 Å². The van der Waals surface area contributed by atoms with E-state index in [0.717, 1.165) is 31.5 Å². The van der Waals surface area contributed by atoms with E-state index in [1.54, 1.807) is 11.8 Å². The minimum absolute atomic E-state index is 0. The Morgan fingerprint density at radius 3 is 2.38 bits per heavy atom. The lowest BCUT2D eigenvalue weighted by atomic mass is 10.0. The number of nitrogens with zero attached hydrogens (tertiary/aromatic N) is 1. The molecule has 0 radical (unpaired) electrons. The minimum Gasteiger partial charge on any atom is -0.341 e. The van der Waals surface area contributed by atoms with Crippen molar-refractivity contribution in [1.82, 2.24) is 4.90 Å². The summed E-state index contributed by atoms with van der Waals surface area (Å²) in [6.07, 6.45) is 1.78. The van der Waals surface area contributed by atoms with Gasteiger partial charge in [-0.15, -0.1) is 24.2 Å². The fourth-order valence-corrected chi connectivity index (χ4v) is 4.42. The summed E-state index contributed by atoms with van der Waals surface area (Å²) in [7, 11) is 0. The van der Waals surface area contributed by atoms with E-state index < -0.39 is 0 Å². The van der Waals surface area contributed by atoms with Gasteiger partial charge in [-0.3, -0.25) is 4.79 Å². The first kappa shape index (κ1) is 20.8. The second-order valence-electron chi connectivity index (χ2n) is 6.84. The van der Waals surface area contributed by atoms with Gasteiger partial charge in [-0.2, -0.15) is 0 Å². The molecule has 3 rings (SSSR count). The van der Waals surface area contributed by atoms with Crippen LogP contribution in [0.5, 0.6) is 0 Å². The molecule has 5 heteroatoms. The van der Waals surface area contributed by atoms with Crippen LogP contribution in [0.25, 0.3) is 0 Å². The van der Waals surface area contributed by atoms with Crippen molar-refractivity contribution < 1.29 is 4.79 Å². The highest BCUT2D eigenvalue weighted by molar-refractivity contribution is 8.00. The van der Waals surface area contributed by atoms with Gasteiger partial charge in [0.1, 0.15) is 5.25 Å². The number of rotatable bonds is 4. The first-order valence-electron chi connectivity index (χ1n) is 8.88. The first-order chi connectivity index (χ1) is 12.0. The molecular weight excluding hydrogens is 364 g/mol. The predicted molar refractivity (Wildman–Crippen MR) is 112 cm³/mol. The van der Waals surface area contributed by atoms with Gasteiger partial charge in [0.15, 0.2) is 0 Å². The van der Waals surface area contributed by atoms with Crippen LogP contribution in [-0.4, -0.2) is 29.9 Å². The molecule has 0 spiro atoms. The minimum atomic E-state index is -0.211. The van der Waals surface area contributed by atoms with Crippen molar-refractivity contribution in [3.63, 3.8) is 0 Å². The zero-order chi connectivity index (χ0) is 17.8. The molecule has 2 aromatic carbocycles. The van der Waals surface area contributed by atoms with E-state index >= 15 is 0 Å². The predicted octanol–water partition coefficient (Wildman–Crippen LogP) is 4.51. The Balaban J connectivity index is 0.00000243. The molecule has 1 fully saturated rings. The van der Waals surface area contributed by atoms with Crippen molar-refractivity contribution in [3.8, 4) is 0 Å². The number of hydrogen-bond acceptors (Lipinski definition) is 3. The van der Waals surface area contributed by atoms with E-state index in [2.05, 4.69) is 44.2 Å². The first-order valence-corrected chi connectivity index (χ1v) is 9.76. The number of halogens is 1. The third-order valence-electron chi connectivity index (χ3n) is 4.75. The number of nitrogens with two attached hydrogens (primary N) is 1. The second-order valence-corrected chi connectivity index (χ2v) is 7.99. The number of amides is 1. The fraction of sp³-hybridized carbons (Fsp3) is 0.381. The van der Waals surface area contributed by atoms with Crippen LogP contribution in [0.1, 0.15) is 34.8 Å². The summed E-state index contributed by atoms with van der Waals surface area (Å²) < 4.78 is 0. The Bertz CT molecular complexity index is 730. The van der Waals surface area contributed by atoms with Crippen LogP contribution in [0.4, 0.5) is 0 Å². The van der Waals surface area contributed by atoms with Crippen molar-refractivity contribution in [2.45, 2.75) is 42.9 Å². The van der Waals surface area contributed by atoms with Gasteiger partial charge in [0.2, 0.25) is 5.91 Å². The maximum atomic E-state index is 13.3.